The maximum Gasteiger partial charge on any atom is 0.248 e. The number of rotatable bonds is 4. The minimum Gasteiger partial charge on any atom is -0.493 e. The number of Topliss-reactive ketones (excluding diaryl/α,β-unsaturated/α-hetero) is 1. The van der Waals surface area contributed by atoms with Crippen LogP contribution < -0.4 is 10.1 Å². The average molecular weight is 731 g/mol. The van der Waals surface area contributed by atoms with Crippen LogP contribution in [0, 0.1) is 25.2 Å². The van der Waals surface area contributed by atoms with Gasteiger partial charge in [-0.05, 0) is 79.1 Å². The van der Waals surface area contributed by atoms with E-state index in [0.29, 0.717) is 59.1 Å². The van der Waals surface area contributed by atoms with Crippen LogP contribution in [0.2, 0.25) is 0 Å². The van der Waals surface area contributed by atoms with Crippen LogP contribution in [0.3, 0.4) is 0 Å². The number of hydrogen-bond acceptors (Lipinski definition) is 9. The van der Waals surface area contributed by atoms with Crippen molar-refractivity contribution < 1.29 is 23.9 Å². The minimum atomic E-state index is -0.722. The molecule has 256 valence electrons. The topological polar surface area (TPSA) is 141 Å². The molecule has 5 heterocycles. The molecule has 2 unspecified atom stereocenters. The molecule has 49 heavy (non-hydrogen) atoms. The number of aromatic nitrogens is 5. The molecule has 0 radical (unpaired) electrons. The molecule has 1 saturated heterocycles. The third kappa shape index (κ3) is 6.22. The maximum absolute atomic E-state index is 14.5. The normalized spacial score (nSPS) is 24.2. The molecule has 2 amide bonds. The molecule has 1 aliphatic carbocycles. The molecule has 1 N–H and O–H groups in total. The molecule has 2 aliphatic heterocycles. The van der Waals surface area contributed by atoms with Crippen molar-refractivity contribution in [1.29, 1.82) is 0 Å². The predicted octanol–water partition coefficient (Wildman–Crippen LogP) is 5.68. The van der Waals surface area contributed by atoms with Gasteiger partial charge in [-0.25, -0.2) is 15.0 Å². The first-order chi connectivity index (χ1) is 23.6. The number of fused-ring (bicyclic) bond motifs is 1. The number of carbonyl (C=O) groups excluding carboxylic acids is 3. The van der Waals surface area contributed by atoms with Crippen LogP contribution >= 0.6 is 15.9 Å². The number of nitrogens with one attached hydrogen (secondary N) is 1. The number of ether oxygens (including phenoxy) is 2. The third-order valence-electron chi connectivity index (χ3n) is 10.3. The Morgan fingerprint density at radius 1 is 1.06 bits per heavy atom. The molecule has 2 fully saturated rings. The number of halogens is 1. The Morgan fingerprint density at radius 3 is 2.57 bits per heavy atom. The minimum absolute atomic E-state index is 0.158. The number of aryl methyl sites for hydroxylation is 2. The second kappa shape index (κ2) is 13.2. The van der Waals surface area contributed by atoms with E-state index in [4.69, 9.17) is 9.47 Å². The Hall–Kier alpha value is -4.23. The summed E-state index contributed by atoms with van der Waals surface area (Å²) in [7, 11) is 0. The second-order valence-electron chi connectivity index (χ2n) is 13.5. The molecule has 4 bridgehead atoms. The van der Waals surface area contributed by atoms with Gasteiger partial charge in [-0.2, -0.15) is 5.10 Å². The van der Waals surface area contributed by atoms with Gasteiger partial charge < -0.3 is 19.7 Å². The van der Waals surface area contributed by atoms with Gasteiger partial charge in [0, 0.05) is 60.0 Å². The fourth-order valence-electron chi connectivity index (χ4n) is 7.58. The van der Waals surface area contributed by atoms with E-state index < -0.39 is 6.04 Å². The molecule has 4 aromatic rings. The highest BCUT2D eigenvalue weighted by atomic mass is 79.9. The first-order valence-electron chi connectivity index (χ1n) is 16.9. The van der Waals surface area contributed by atoms with E-state index in [1.54, 1.807) is 22.0 Å². The van der Waals surface area contributed by atoms with Crippen LogP contribution in [-0.4, -0.2) is 79.1 Å². The zero-order valence-corrected chi connectivity index (χ0v) is 29.7. The quantitative estimate of drug-likeness (QED) is 0.207. The number of anilines is 1. The zero-order valence-electron chi connectivity index (χ0n) is 28.2. The Bertz CT molecular complexity index is 1950. The highest BCUT2D eigenvalue weighted by Gasteiger charge is 2.72. The molecular weight excluding hydrogens is 690 g/mol. The first kappa shape index (κ1) is 33.3. The summed E-state index contributed by atoms with van der Waals surface area (Å²) in [6, 6.07) is 6.55. The summed E-state index contributed by atoms with van der Waals surface area (Å²) in [6.45, 7) is 8.73. The summed E-state index contributed by atoms with van der Waals surface area (Å²) in [5, 5.41) is 8.26. The van der Waals surface area contributed by atoms with Gasteiger partial charge in [0.15, 0.2) is 5.78 Å². The van der Waals surface area contributed by atoms with Gasteiger partial charge in [-0.15, -0.1) is 0 Å². The summed E-state index contributed by atoms with van der Waals surface area (Å²) in [4.78, 5) is 56.3. The summed E-state index contributed by atoms with van der Waals surface area (Å²) in [6.07, 6.45) is 7.73. The lowest BCUT2D eigenvalue weighted by atomic mass is 9.96. The predicted molar refractivity (Wildman–Crippen MR) is 186 cm³/mol. The molecular formula is C36H40BrN7O5. The van der Waals surface area contributed by atoms with E-state index >= 15 is 0 Å². The maximum atomic E-state index is 14.5. The van der Waals surface area contributed by atoms with Gasteiger partial charge in [0.1, 0.15) is 40.3 Å². The lowest BCUT2D eigenvalue weighted by molar-refractivity contribution is -0.138. The van der Waals surface area contributed by atoms with Crippen molar-refractivity contribution in [3.05, 3.63) is 58.3 Å². The van der Waals surface area contributed by atoms with Gasteiger partial charge in [0.2, 0.25) is 11.8 Å². The van der Waals surface area contributed by atoms with Gasteiger partial charge in [-0.3, -0.25) is 19.1 Å². The SMILES string of the molecule is CC(=O)c1nn2c3cc(c(-c4cnc(C)nc4)cc13)OCCCCCCOC[C@@]13C[C@@H](C(=O)Nc4nc(Br)ccc4C)N(C(=O)C2)C1C3C. The number of benzene rings is 1. The molecule has 12 nitrogen and oxygen atoms in total. The van der Waals surface area contributed by atoms with Crippen molar-refractivity contribution in [2.45, 2.75) is 78.4 Å². The van der Waals surface area contributed by atoms with Crippen molar-refractivity contribution >= 4 is 50.2 Å². The third-order valence-corrected chi connectivity index (χ3v) is 10.8. The van der Waals surface area contributed by atoms with Gasteiger partial charge >= 0.3 is 0 Å². The number of ketones is 1. The molecule has 0 spiro atoms. The van der Waals surface area contributed by atoms with Crippen LogP contribution in [0.5, 0.6) is 5.75 Å². The number of pyridine rings is 1. The summed E-state index contributed by atoms with van der Waals surface area (Å²) in [5.74, 6) is 1.08. The highest BCUT2D eigenvalue weighted by Crippen LogP contribution is 2.64. The zero-order chi connectivity index (χ0) is 34.4. The van der Waals surface area contributed by atoms with E-state index in [1.165, 1.54) is 6.92 Å². The Balaban J connectivity index is 1.29. The van der Waals surface area contributed by atoms with Crippen molar-refractivity contribution in [1.82, 2.24) is 29.6 Å². The fourth-order valence-corrected chi connectivity index (χ4v) is 7.89. The van der Waals surface area contributed by atoms with Crippen molar-refractivity contribution in [3.63, 3.8) is 0 Å². The summed E-state index contributed by atoms with van der Waals surface area (Å²) >= 11 is 3.40. The average Bonchev–Trinajstić information content (AvgIpc) is 3.33. The molecule has 4 atom stereocenters. The molecule has 1 aromatic carbocycles. The summed E-state index contributed by atoms with van der Waals surface area (Å²) < 4.78 is 14.8. The Kier molecular flexibility index (Phi) is 8.99. The number of nitrogens with zero attached hydrogens (tertiary/aromatic N) is 6. The van der Waals surface area contributed by atoms with Crippen molar-refractivity contribution in [2.24, 2.45) is 11.3 Å². The monoisotopic (exact) mass is 729 g/mol. The highest BCUT2D eigenvalue weighted by molar-refractivity contribution is 9.10. The van der Waals surface area contributed by atoms with Gasteiger partial charge in [-0.1, -0.05) is 19.4 Å². The standard InChI is InChI=1S/C36H40BrN7O5/c1-20-9-10-30(37)40-34(20)41-35(47)28-15-36-19-48-11-7-5-6-8-12-49-29-14-27-26(13-25(29)24-16-38-23(4)39-17-24)32(22(3)45)42-43(27)18-31(46)44(28)33(36)21(36)2/h9-10,13-14,16-17,21,28,33H,5-8,11-12,15,18-19H2,1-4H3,(H,40,41,47)/t21?,28-,33?,36+/m0/s1. The fraction of sp³-hybridized carbons (Fsp3) is 0.472. The lowest BCUT2D eigenvalue weighted by Gasteiger charge is -2.28. The molecule has 7 rings (SSSR count). The van der Waals surface area contributed by atoms with Gasteiger partial charge in [0.25, 0.3) is 0 Å². The first-order valence-corrected chi connectivity index (χ1v) is 17.7. The smallest absolute Gasteiger partial charge is 0.248 e. The van der Waals surface area contributed by atoms with Crippen LogP contribution in [0.4, 0.5) is 5.82 Å². The Morgan fingerprint density at radius 2 is 1.82 bits per heavy atom. The van der Waals surface area contributed by atoms with E-state index in [9.17, 15) is 14.4 Å². The molecule has 3 aliphatic rings. The Labute approximate surface area is 293 Å². The number of amides is 2. The van der Waals surface area contributed by atoms with Crippen molar-refractivity contribution in [3.8, 4) is 16.9 Å². The van der Waals surface area contributed by atoms with Crippen LogP contribution in [0.25, 0.3) is 22.0 Å². The lowest BCUT2D eigenvalue weighted by Crippen LogP contribution is -2.47. The number of carbonyl (C=O) groups is 3. The van der Waals surface area contributed by atoms with E-state index in [-0.39, 0.29) is 47.2 Å². The largest absolute Gasteiger partial charge is 0.493 e. The van der Waals surface area contributed by atoms with Crippen LogP contribution in [-0.2, 0) is 20.9 Å². The molecule has 3 aromatic heterocycles. The van der Waals surface area contributed by atoms with Crippen LogP contribution in [0.15, 0.2) is 41.3 Å². The second-order valence-corrected chi connectivity index (χ2v) is 14.4. The number of piperidine rings is 1. The molecule has 1 saturated carbocycles. The number of hydrogen-bond donors (Lipinski definition) is 1. The van der Waals surface area contributed by atoms with E-state index in [1.807, 2.05) is 38.1 Å². The summed E-state index contributed by atoms with van der Waals surface area (Å²) in [5.41, 5.74) is 2.85. The van der Waals surface area contributed by atoms with E-state index in [2.05, 4.69) is 48.2 Å². The van der Waals surface area contributed by atoms with Crippen molar-refractivity contribution in [2.75, 3.05) is 25.1 Å². The van der Waals surface area contributed by atoms with Crippen LogP contribution in [0.1, 0.15) is 67.8 Å². The molecule has 13 heteroatoms. The van der Waals surface area contributed by atoms with Gasteiger partial charge in [0.05, 0.1) is 18.7 Å². The van der Waals surface area contributed by atoms with E-state index in [0.717, 1.165) is 42.4 Å².